The summed E-state index contributed by atoms with van der Waals surface area (Å²) in [6.45, 7) is 5.51. The minimum absolute atomic E-state index is 0.0724. The summed E-state index contributed by atoms with van der Waals surface area (Å²) in [7, 11) is 0. The van der Waals surface area contributed by atoms with Gasteiger partial charge in [-0.25, -0.2) is 4.79 Å². The van der Waals surface area contributed by atoms with Crippen molar-refractivity contribution in [2.75, 3.05) is 6.61 Å². The van der Waals surface area contributed by atoms with Gasteiger partial charge in [0.2, 0.25) is 0 Å². The second-order valence-corrected chi connectivity index (χ2v) is 6.46. The highest BCUT2D eigenvalue weighted by atomic mass is 19.4. The zero-order valence-electron chi connectivity index (χ0n) is 14.0. The zero-order valence-corrected chi connectivity index (χ0v) is 14.0. The molecule has 2 unspecified atom stereocenters. The smallest absolute Gasteiger partial charge is 0.433 e. The van der Waals surface area contributed by atoms with Crippen LogP contribution in [0.1, 0.15) is 43.2 Å². The SMILES string of the molecule is CCOC1CC(NC(=O)c2ccc(C(F)(F)F)nc2)(C(=O)O)C1(C)C. The van der Waals surface area contributed by atoms with Gasteiger partial charge in [-0.2, -0.15) is 13.2 Å². The zero-order chi connectivity index (χ0) is 19.0. The lowest BCUT2D eigenvalue weighted by atomic mass is 9.54. The van der Waals surface area contributed by atoms with Crippen LogP contribution in [0.4, 0.5) is 13.2 Å². The Morgan fingerprint density at radius 3 is 2.44 bits per heavy atom. The number of hydrogen-bond donors (Lipinski definition) is 2. The molecule has 2 rings (SSSR count). The van der Waals surface area contributed by atoms with Crippen LogP contribution in [0.3, 0.4) is 0 Å². The molecular formula is C16H19F3N2O4. The summed E-state index contributed by atoms with van der Waals surface area (Å²) in [4.78, 5) is 27.3. The molecule has 0 aromatic carbocycles. The van der Waals surface area contributed by atoms with Crippen molar-refractivity contribution in [2.45, 2.75) is 45.0 Å². The first-order chi connectivity index (χ1) is 11.5. The highest BCUT2D eigenvalue weighted by Crippen LogP contribution is 2.51. The van der Waals surface area contributed by atoms with Crippen molar-refractivity contribution in [3.05, 3.63) is 29.6 Å². The molecule has 1 aromatic rings. The minimum atomic E-state index is -4.61. The van der Waals surface area contributed by atoms with E-state index in [0.29, 0.717) is 12.7 Å². The van der Waals surface area contributed by atoms with Crippen LogP contribution in [-0.4, -0.2) is 40.2 Å². The maximum atomic E-state index is 12.5. The van der Waals surface area contributed by atoms with E-state index < -0.39 is 34.7 Å². The van der Waals surface area contributed by atoms with E-state index in [2.05, 4.69) is 10.3 Å². The van der Waals surface area contributed by atoms with Crippen molar-refractivity contribution in [1.29, 1.82) is 0 Å². The number of hydrogen-bond acceptors (Lipinski definition) is 4. The van der Waals surface area contributed by atoms with Crippen LogP contribution < -0.4 is 5.32 Å². The normalized spacial score (nSPS) is 25.1. The summed E-state index contributed by atoms with van der Waals surface area (Å²) in [6.07, 6.45) is -4.11. The highest BCUT2D eigenvalue weighted by Gasteiger charge is 2.66. The van der Waals surface area contributed by atoms with Gasteiger partial charge in [-0.3, -0.25) is 9.78 Å². The fraction of sp³-hybridized carbons (Fsp3) is 0.562. The maximum Gasteiger partial charge on any atom is 0.433 e. The predicted molar refractivity (Wildman–Crippen MR) is 80.9 cm³/mol. The summed E-state index contributed by atoms with van der Waals surface area (Å²) >= 11 is 0. The van der Waals surface area contributed by atoms with E-state index in [0.717, 1.165) is 12.3 Å². The van der Waals surface area contributed by atoms with Crippen molar-refractivity contribution >= 4 is 11.9 Å². The lowest BCUT2D eigenvalue weighted by Gasteiger charge is -2.58. The Kier molecular flexibility index (Phi) is 4.82. The number of pyridine rings is 1. The third-order valence-electron chi connectivity index (χ3n) is 4.77. The van der Waals surface area contributed by atoms with E-state index in [1.807, 2.05) is 0 Å². The van der Waals surface area contributed by atoms with Crippen molar-refractivity contribution < 1.29 is 32.6 Å². The number of carboxylic acid groups (broad SMARTS) is 1. The van der Waals surface area contributed by atoms with E-state index in [4.69, 9.17) is 4.74 Å². The van der Waals surface area contributed by atoms with E-state index in [-0.39, 0.29) is 18.1 Å². The standard InChI is InChI=1S/C16H19F3N2O4/c1-4-25-11-7-15(13(23)24,14(11,2)3)21-12(22)9-5-6-10(20-8-9)16(17,18)19/h5-6,8,11H,4,7H2,1-3H3,(H,21,22)(H,23,24). The summed E-state index contributed by atoms with van der Waals surface area (Å²) < 4.78 is 43.1. The first kappa shape index (κ1) is 19.2. The molecule has 2 N–H and O–H groups in total. The summed E-state index contributed by atoms with van der Waals surface area (Å²) in [6, 6.07) is 1.64. The molecular weight excluding hydrogens is 341 g/mol. The Labute approximate surface area is 142 Å². The van der Waals surface area contributed by atoms with Gasteiger partial charge in [-0.1, -0.05) is 13.8 Å². The van der Waals surface area contributed by atoms with Crippen LogP contribution in [0.25, 0.3) is 0 Å². The number of halogens is 3. The molecule has 0 radical (unpaired) electrons. The second kappa shape index (κ2) is 6.29. The Morgan fingerprint density at radius 1 is 1.40 bits per heavy atom. The third kappa shape index (κ3) is 3.20. The van der Waals surface area contributed by atoms with Crippen LogP contribution in [0.2, 0.25) is 0 Å². The third-order valence-corrected chi connectivity index (χ3v) is 4.77. The Hall–Kier alpha value is -2.16. The first-order valence-corrected chi connectivity index (χ1v) is 7.66. The van der Waals surface area contributed by atoms with E-state index in [1.54, 1.807) is 20.8 Å². The molecule has 0 spiro atoms. The average Bonchev–Trinajstić information content (AvgIpc) is 2.52. The van der Waals surface area contributed by atoms with Gasteiger partial charge >= 0.3 is 12.1 Å². The van der Waals surface area contributed by atoms with Crippen LogP contribution in [0, 0.1) is 5.41 Å². The van der Waals surface area contributed by atoms with E-state index >= 15 is 0 Å². The monoisotopic (exact) mass is 360 g/mol. The fourth-order valence-corrected chi connectivity index (χ4v) is 3.00. The number of nitrogens with zero attached hydrogens (tertiary/aromatic N) is 1. The predicted octanol–water partition coefficient (Wildman–Crippen LogP) is 2.49. The average molecular weight is 360 g/mol. The quantitative estimate of drug-likeness (QED) is 0.842. The van der Waals surface area contributed by atoms with Crippen molar-refractivity contribution in [3.63, 3.8) is 0 Å². The molecule has 1 aliphatic carbocycles. The number of carboxylic acids is 1. The number of alkyl halides is 3. The fourth-order valence-electron chi connectivity index (χ4n) is 3.00. The van der Waals surface area contributed by atoms with Gasteiger partial charge in [-0.05, 0) is 19.1 Å². The molecule has 0 bridgehead atoms. The number of carbonyl (C=O) groups is 2. The van der Waals surface area contributed by atoms with E-state index in [9.17, 15) is 27.9 Å². The molecule has 1 saturated carbocycles. The lowest BCUT2D eigenvalue weighted by molar-refractivity contribution is -0.190. The highest BCUT2D eigenvalue weighted by molar-refractivity contribution is 5.98. The van der Waals surface area contributed by atoms with Crippen molar-refractivity contribution in [1.82, 2.24) is 10.3 Å². The van der Waals surface area contributed by atoms with Gasteiger partial charge in [0.1, 0.15) is 11.2 Å². The molecule has 1 aromatic heterocycles. The van der Waals surface area contributed by atoms with Crippen LogP contribution in [0.15, 0.2) is 18.3 Å². The molecule has 1 amide bonds. The number of carbonyl (C=O) groups excluding carboxylic acids is 1. The van der Waals surface area contributed by atoms with Crippen molar-refractivity contribution in [2.24, 2.45) is 5.41 Å². The molecule has 1 aliphatic rings. The van der Waals surface area contributed by atoms with Gasteiger partial charge < -0.3 is 15.2 Å². The molecule has 0 saturated heterocycles. The van der Waals surface area contributed by atoms with Crippen LogP contribution in [-0.2, 0) is 15.7 Å². The lowest BCUT2D eigenvalue weighted by Crippen LogP contribution is -2.76. The van der Waals surface area contributed by atoms with Gasteiger partial charge in [0.05, 0.1) is 11.7 Å². The summed E-state index contributed by atoms with van der Waals surface area (Å²) in [5.41, 5.74) is -3.72. The number of aromatic nitrogens is 1. The molecule has 0 aliphatic heterocycles. The molecule has 6 nitrogen and oxygen atoms in total. The second-order valence-electron chi connectivity index (χ2n) is 6.46. The van der Waals surface area contributed by atoms with Gasteiger partial charge in [0, 0.05) is 24.6 Å². The molecule has 2 atom stereocenters. The Bertz CT molecular complexity index is 673. The molecule has 138 valence electrons. The summed E-state index contributed by atoms with van der Waals surface area (Å²) in [5.74, 6) is -2.02. The maximum absolute atomic E-state index is 12.5. The number of aliphatic carboxylic acids is 1. The molecule has 9 heteroatoms. The molecule has 25 heavy (non-hydrogen) atoms. The number of ether oxygens (including phenoxy) is 1. The Morgan fingerprint density at radius 2 is 2.04 bits per heavy atom. The largest absolute Gasteiger partial charge is 0.479 e. The minimum Gasteiger partial charge on any atom is -0.479 e. The molecule has 1 fully saturated rings. The van der Waals surface area contributed by atoms with Crippen LogP contribution >= 0.6 is 0 Å². The number of rotatable bonds is 5. The Balaban J connectivity index is 2.21. The van der Waals surface area contributed by atoms with E-state index in [1.165, 1.54) is 0 Å². The van der Waals surface area contributed by atoms with Gasteiger partial charge in [-0.15, -0.1) is 0 Å². The van der Waals surface area contributed by atoms with Crippen molar-refractivity contribution in [3.8, 4) is 0 Å². The number of nitrogens with one attached hydrogen (secondary N) is 1. The number of amides is 1. The van der Waals surface area contributed by atoms with Crippen LogP contribution in [0.5, 0.6) is 0 Å². The van der Waals surface area contributed by atoms with Gasteiger partial charge in [0.25, 0.3) is 5.91 Å². The first-order valence-electron chi connectivity index (χ1n) is 7.66. The van der Waals surface area contributed by atoms with Gasteiger partial charge in [0.15, 0.2) is 0 Å². The molecule has 1 heterocycles. The summed E-state index contributed by atoms with van der Waals surface area (Å²) in [5, 5.41) is 12.1. The topological polar surface area (TPSA) is 88.5 Å².